The first-order valence-electron chi connectivity index (χ1n) is 11.0. The molecule has 2 aromatic rings. The summed E-state index contributed by atoms with van der Waals surface area (Å²) in [6.07, 6.45) is 1.51. The molecule has 1 amide bonds. The van der Waals surface area contributed by atoms with E-state index in [2.05, 4.69) is 0 Å². The predicted octanol–water partition coefficient (Wildman–Crippen LogP) is 3.74. The molecule has 5 rings (SSSR count). The normalized spacial score (nSPS) is 19.6. The third kappa shape index (κ3) is 3.65. The van der Waals surface area contributed by atoms with E-state index in [9.17, 15) is 14.7 Å². The van der Waals surface area contributed by atoms with Crippen LogP contribution in [0.1, 0.15) is 31.4 Å². The number of fused-ring (bicyclic) bond motifs is 1. The van der Waals surface area contributed by atoms with Crippen molar-refractivity contribution >= 4 is 17.4 Å². The molecule has 0 unspecified atom stereocenters. The number of ether oxygens (including phenoxy) is 4. The maximum absolute atomic E-state index is 13.3. The van der Waals surface area contributed by atoms with Gasteiger partial charge in [-0.3, -0.25) is 14.5 Å². The highest BCUT2D eigenvalue weighted by Gasteiger charge is 2.48. The lowest BCUT2D eigenvalue weighted by Crippen LogP contribution is -2.31. The molecule has 2 aromatic carbocycles. The second kappa shape index (κ2) is 8.35. The monoisotopic (exact) mass is 451 g/mol. The van der Waals surface area contributed by atoms with Crippen LogP contribution in [0.2, 0.25) is 0 Å². The van der Waals surface area contributed by atoms with Crippen LogP contribution in [0.3, 0.4) is 0 Å². The van der Waals surface area contributed by atoms with Crippen molar-refractivity contribution in [2.24, 2.45) is 5.92 Å². The lowest BCUT2D eigenvalue weighted by Gasteiger charge is -2.29. The Bertz CT molecular complexity index is 1150. The smallest absolute Gasteiger partial charge is 0.294 e. The molecule has 3 aliphatic rings. The summed E-state index contributed by atoms with van der Waals surface area (Å²) >= 11 is 0. The van der Waals surface area contributed by atoms with Crippen molar-refractivity contribution in [2.45, 2.75) is 25.8 Å². The molecule has 0 radical (unpaired) electrons. The number of hydrogen-bond donors (Lipinski definition) is 1. The first-order chi connectivity index (χ1) is 16.0. The summed E-state index contributed by atoms with van der Waals surface area (Å²) in [6.45, 7) is 3.13. The zero-order chi connectivity index (χ0) is 23.1. The van der Waals surface area contributed by atoms with Gasteiger partial charge in [0.2, 0.25) is 0 Å². The van der Waals surface area contributed by atoms with Crippen LogP contribution in [0.4, 0.5) is 5.69 Å². The molecule has 0 spiro atoms. The highest BCUT2D eigenvalue weighted by Crippen LogP contribution is 2.47. The van der Waals surface area contributed by atoms with Crippen LogP contribution in [-0.4, -0.2) is 43.7 Å². The Morgan fingerprint density at radius 3 is 2.55 bits per heavy atom. The third-order valence-electron chi connectivity index (χ3n) is 6.03. The van der Waals surface area contributed by atoms with Gasteiger partial charge >= 0.3 is 0 Å². The minimum Gasteiger partial charge on any atom is -0.503 e. The van der Waals surface area contributed by atoms with Crippen LogP contribution in [0.25, 0.3) is 0 Å². The highest BCUT2D eigenvalue weighted by molar-refractivity contribution is 6.17. The van der Waals surface area contributed by atoms with Crippen LogP contribution in [0, 0.1) is 5.92 Å². The number of carbonyl (C=O) groups is 2. The maximum atomic E-state index is 13.3. The largest absolute Gasteiger partial charge is 0.503 e. The fourth-order valence-electron chi connectivity index (χ4n) is 4.32. The summed E-state index contributed by atoms with van der Waals surface area (Å²) in [6, 6.07) is 9.62. The average Bonchev–Trinajstić information content (AvgIpc) is 3.65. The summed E-state index contributed by atoms with van der Waals surface area (Å²) in [5.41, 5.74) is 1.24. The molecule has 33 heavy (non-hydrogen) atoms. The number of rotatable bonds is 7. The molecule has 1 aliphatic carbocycles. The van der Waals surface area contributed by atoms with Crippen molar-refractivity contribution in [2.75, 3.05) is 31.8 Å². The Balaban J connectivity index is 1.63. The van der Waals surface area contributed by atoms with Crippen LogP contribution >= 0.6 is 0 Å². The van der Waals surface area contributed by atoms with Crippen LogP contribution in [0.15, 0.2) is 47.7 Å². The lowest BCUT2D eigenvalue weighted by atomic mass is 9.93. The van der Waals surface area contributed by atoms with Gasteiger partial charge in [-0.15, -0.1) is 0 Å². The molecule has 0 saturated heterocycles. The van der Waals surface area contributed by atoms with E-state index in [4.69, 9.17) is 18.9 Å². The number of anilines is 1. The zero-order valence-electron chi connectivity index (χ0n) is 18.5. The summed E-state index contributed by atoms with van der Waals surface area (Å²) in [7, 11) is 1.55. The molecule has 0 bridgehead atoms. The van der Waals surface area contributed by atoms with Crippen LogP contribution < -0.4 is 23.8 Å². The molecular formula is C25H25NO7. The van der Waals surface area contributed by atoms with E-state index in [1.807, 2.05) is 6.92 Å². The van der Waals surface area contributed by atoms with Gasteiger partial charge in [-0.1, -0.05) is 6.07 Å². The number of carbonyl (C=O) groups excluding carboxylic acids is 2. The van der Waals surface area contributed by atoms with Gasteiger partial charge in [0.1, 0.15) is 13.2 Å². The molecule has 2 aliphatic heterocycles. The van der Waals surface area contributed by atoms with Gasteiger partial charge in [-0.25, -0.2) is 0 Å². The molecule has 172 valence electrons. The van der Waals surface area contributed by atoms with E-state index in [-0.39, 0.29) is 17.3 Å². The highest BCUT2D eigenvalue weighted by atomic mass is 16.6. The minimum atomic E-state index is -0.807. The molecule has 0 aromatic heterocycles. The van der Waals surface area contributed by atoms with E-state index in [0.717, 1.165) is 12.8 Å². The molecule has 1 fully saturated rings. The number of aliphatic hydroxyl groups excluding tert-OH is 1. The molecule has 2 heterocycles. The Hall–Kier alpha value is -3.68. The topological polar surface area (TPSA) is 94.5 Å². The number of hydrogen-bond acceptors (Lipinski definition) is 7. The van der Waals surface area contributed by atoms with Gasteiger partial charge in [0.25, 0.3) is 5.91 Å². The van der Waals surface area contributed by atoms with Crippen molar-refractivity contribution in [1.82, 2.24) is 0 Å². The number of Topliss-reactive ketones (excluding diaryl/α,β-unsaturated/α-hetero) is 1. The molecule has 1 N–H and O–H groups in total. The van der Waals surface area contributed by atoms with Crippen molar-refractivity contribution in [1.29, 1.82) is 0 Å². The van der Waals surface area contributed by atoms with Gasteiger partial charge in [0.15, 0.2) is 34.5 Å². The molecular weight excluding hydrogens is 426 g/mol. The standard InChI is InChI=1S/C25H25NO7/c1-3-31-19-12-15(6-8-17(19)30-2)22-21(23(27)14-4-5-14)24(28)25(29)26(22)16-7-9-18-20(13-16)33-11-10-32-18/h6-9,12-14,22,28H,3-5,10-11H2,1-2H3/t22-/m0/s1. The summed E-state index contributed by atoms with van der Waals surface area (Å²) in [5.74, 6) is 0.631. The van der Waals surface area contributed by atoms with Crippen LogP contribution in [0.5, 0.6) is 23.0 Å². The Labute approximate surface area is 191 Å². The lowest BCUT2D eigenvalue weighted by molar-refractivity contribution is -0.118. The maximum Gasteiger partial charge on any atom is 0.294 e. The van der Waals surface area contributed by atoms with Crippen molar-refractivity contribution in [3.63, 3.8) is 0 Å². The third-order valence-corrected chi connectivity index (χ3v) is 6.03. The first-order valence-corrected chi connectivity index (χ1v) is 11.0. The van der Waals surface area contributed by atoms with E-state index in [1.165, 1.54) is 4.90 Å². The van der Waals surface area contributed by atoms with E-state index in [0.29, 0.717) is 54.1 Å². The van der Waals surface area contributed by atoms with E-state index >= 15 is 0 Å². The number of benzene rings is 2. The fourth-order valence-corrected chi connectivity index (χ4v) is 4.32. The van der Waals surface area contributed by atoms with Gasteiger partial charge in [-0.05, 0) is 49.6 Å². The fraction of sp³-hybridized carbons (Fsp3) is 0.360. The van der Waals surface area contributed by atoms with Gasteiger partial charge in [0, 0.05) is 17.7 Å². The molecule has 1 saturated carbocycles. The zero-order valence-corrected chi connectivity index (χ0v) is 18.5. The SMILES string of the molecule is CCOc1cc([C@H]2C(C(=O)C3CC3)=C(O)C(=O)N2c2ccc3c(c2)OCCO3)ccc1OC. The Morgan fingerprint density at radius 2 is 1.85 bits per heavy atom. The van der Waals surface area contributed by atoms with Gasteiger partial charge in [-0.2, -0.15) is 0 Å². The number of nitrogens with zero attached hydrogens (tertiary/aromatic N) is 1. The summed E-state index contributed by atoms with van der Waals surface area (Å²) in [5, 5.41) is 10.8. The molecule has 8 heteroatoms. The summed E-state index contributed by atoms with van der Waals surface area (Å²) < 4.78 is 22.4. The van der Waals surface area contributed by atoms with E-state index < -0.39 is 17.7 Å². The number of ketones is 1. The second-order valence-corrected chi connectivity index (χ2v) is 8.15. The van der Waals surface area contributed by atoms with Crippen molar-refractivity contribution in [3.05, 3.63) is 53.3 Å². The van der Waals surface area contributed by atoms with Crippen LogP contribution in [-0.2, 0) is 9.59 Å². The van der Waals surface area contributed by atoms with Gasteiger partial charge in [0.05, 0.1) is 25.3 Å². The number of amides is 1. The minimum absolute atomic E-state index is 0.116. The van der Waals surface area contributed by atoms with Gasteiger partial charge < -0.3 is 24.1 Å². The summed E-state index contributed by atoms with van der Waals surface area (Å²) in [4.78, 5) is 27.9. The molecule has 8 nitrogen and oxygen atoms in total. The first kappa shape index (κ1) is 21.2. The Kier molecular flexibility index (Phi) is 5.36. The van der Waals surface area contributed by atoms with E-state index in [1.54, 1.807) is 43.5 Å². The number of methoxy groups -OCH3 is 1. The Morgan fingerprint density at radius 1 is 1.09 bits per heavy atom. The van der Waals surface area contributed by atoms with Crippen molar-refractivity contribution < 1.29 is 33.6 Å². The number of aliphatic hydroxyl groups is 1. The predicted molar refractivity (Wildman–Crippen MR) is 119 cm³/mol. The van der Waals surface area contributed by atoms with Crippen molar-refractivity contribution in [3.8, 4) is 23.0 Å². The molecule has 1 atom stereocenters. The average molecular weight is 451 g/mol. The second-order valence-electron chi connectivity index (χ2n) is 8.15. The quantitative estimate of drug-likeness (QED) is 0.685.